The highest BCUT2D eigenvalue weighted by molar-refractivity contribution is 7.09. The Kier molecular flexibility index (Phi) is 5.03. The molecular weight excluding hydrogens is 354 g/mol. The van der Waals surface area contributed by atoms with Gasteiger partial charge in [0, 0.05) is 11.4 Å². The number of rotatable bonds is 6. The highest BCUT2D eigenvalue weighted by Crippen LogP contribution is 2.20. The van der Waals surface area contributed by atoms with E-state index in [0.717, 1.165) is 26.1 Å². The Morgan fingerprint density at radius 1 is 1.12 bits per heavy atom. The van der Waals surface area contributed by atoms with Crippen molar-refractivity contribution in [2.75, 3.05) is 0 Å². The van der Waals surface area contributed by atoms with Crippen LogP contribution in [0.5, 0.6) is 5.75 Å². The fraction of sp³-hybridized carbons (Fsp3) is 0.333. The molecule has 0 spiro atoms. The smallest absolute Gasteiger partial charge is 0.334 e. The monoisotopic (exact) mass is 373 g/mol. The first-order valence-corrected chi connectivity index (χ1v) is 9.06. The van der Waals surface area contributed by atoms with Gasteiger partial charge in [-0.05, 0) is 32.9 Å². The second kappa shape index (κ2) is 7.25. The molecule has 1 aliphatic rings. The summed E-state index contributed by atoms with van der Waals surface area (Å²) in [7, 11) is 0. The number of carbonyl (C=O) groups is 3. The van der Waals surface area contributed by atoms with Crippen molar-refractivity contribution in [2.45, 2.75) is 40.0 Å². The molecule has 4 amide bonds. The number of hydrogen-bond acceptors (Lipinski definition) is 6. The second-order valence-electron chi connectivity index (χ2n) is 6.28. The third-order valence-corrected chi connectivity index (χ3v) is 4.77. The summed E-state index contributed by atoms with van der Waals surface area (Å²) in [5.41, 5.74) is 1.71. The van der Waals surface area contributed by atoms with Crippen LogP contribution < -0.4 is 4.74 Å². The van der Waals surface area contributed by atoms with Crippen molar-refractivity contribution < 1.29 is 19.1 Å². The molecule has 1 aromatic heterocycles. The number of nitrogens with zero attached hydrogens (tertiary/aromatic N) is 3. The van der Waals surface area contributed by atoms with Gasteiger partial charge >= 0.3 is 17.8 Å². The van der Waals surface area contributed by atoms with Gasteiger partial charge < -0.3 is 4.74 Å². The lowest BCUT2D eigenvalue weighted by Gasteiger charge is -2.17. The number of imide groups is 2. The fourth-order valence-electron chi connectivity index (χ4n) is 2.55. The minimum Gasteiger partial charge on any atom is -0.486 e. The van der Waals surface area contributed by atoms with Crippen LogP contribution >= 0.6 is 11.3 Å². The summed E-state index contributed by atoms with van der Waals surface area (Å²) in [4.78, 5) is 42.5. The van der Waals surface area contributed by atoms with Gasteiger partial charge in [0.1, 0.15) is 17.4 Å². The van der Waals surface area contributed by atoms with E-state index in [9.17, 15) is 14.4 Å². The number of amides is 4. The zero-order valence-electron chi connectivity index (χ0n) is 14.8. The highest BCUT2D eigenvalue weighted by atomic mass is 32.1. The molecule has 7 nitrogen and oxygen atoms in total. The topological polar surface area (TPSA) is 79.8 Å². The van der Waals surface area contributed by atoms with Crippen LogP contribution in [0.2, 0.25) is 0 Å². The standard InChI is InChI=1S/C18H19N3O4S/c1-11(2)21-17(23)16(22)20(18(21)24)8-13-10-26-15(19-13)9-25-14-6-4-12(3)5-7-14/h4-7,10-11H,8-9H2,1-3H3. The molecule has 2 aromatic rings. The van der Waals surface area contributed by atoms with Crippen molar-refractivity contribution in [1.82, 2.24) is 14.8 Å². The SMILES string of the molecule is Cc1ccc(OCc2nc(CN3C(=O)C(=O)N(C(C)C)C3=O)cs2)cc1. The summed E-state index contributed by atoms with van der Waals surface area (Å²) < 4.78 is 5.68. The first kappa shape index (κ1) is 18.1. The summed E-state index contributed by atoms with van der Waals surface area (Å²) in [6.07, 6.45) is 0. The molecule has 0 N–H and O–H groups in total. The van der Waals surface area contributed by atoms with E-state index in [4.69, 9.17) is 4.74 Å². The lowest BCUT2D eigenvalue weighted by molar-refractivity contribution is -0.144. The predicted octanol–water partition coefficient (Wildman–Crippen LogP) is 2.73. The third kappa shape index (κ3) is 3.60. The Morgan fingerprint density at radius 3 is 2.42 bits per heavy atom. The zero-order valence-corrected chi connectivity index (χ0v) is 15.6. The normalized spacial score (nSPS) is 14.7. The van der Waals surface area contributed by atoms with Gasteiger partial charge in [-0.25, -0.2) is 14.7 Å². The maximum absolute atomic E-state index is 12.3. The molecule has 1 saturated heterocycles. The first-order valence-electron chi connectivity index (χ1n) is 8.18. The largest absolute Gasteiger partial charge is 0.486 e. The first-order chi connectivity index (χ1) is 12.4. The van der Waals surface area contributed by atoms with E-state index in [-0.39, 0.29) is 12.6 Å². The summed E-state index contributed by atoms with van der Waals surface area (Å²) in [5, 5.41) is 2.49. The van der Waals surface area contributed by atoms with Crippen LogP contribution in [0, 0.1) is 6.92 Å². The van der Waals surface area contributed by atoms with Gasteiger partial charge in [-0.3, -0.25) is 14.5 Å². The predicted molar refractivity (Wildman–Crippen MR) is 95.6 cm³/mol. The van der Waals surface area contributed by atoms with Gasteiger partial charge in [0.25, 0.3) is 0 Å². The maximum Gasteiger partial charge on any atom is 0.334 e. The number of aryl methyl sites for hydroxylation is 1. The van der Waals surface area contributed by atoms with Crippen molar-refractivity contribution in [3.63, 3.8) is 0 Å². The Bertz CT molecular complexity index is 844. The van der Waals surface area contributed by atoms with Crippen LogP contribution in [0.1, 0.15) is 30.1 Å². The third-order valence-electron chi connectivity index (χ3n) is 3.90. The second-order valence-corrected chi connectivity index (χ2v) is 7.22. The van der Waals surface area contributed by atoms with Gasteiger partial charge in [-0.15, -0.1) is 11.3 Å². The summed E-state index contributed by atoms with van der Waals surface area (Å²) in [6.45, 7) is 5.66. The molecule has 136 valence electrons. The lowest BCUT2D eigenvalue weighted by Crippen LogP contribution is -2.37. The fourth-order valence-corrected chi connectivity index (χ4v) is 3.24. The number of urea groups is 1. The molecule has 1 aliphatic heterocycles. The van der Waals surface area contributed by atoms with Crippen molar-refractivity contribution in [3.8, 4) is 5.75 Å². The van der Waals surface area contributed by atoms with Crippen molar-refractivity contribution in [3.05, 3.63) is 45.9 Å². The molecular formula is C18H19N3O4S. The average Bonchev–Trinajstić information content (AvgIpc) is 3.13. The molecule has 1 aromatic carbocycles. The van der Waals surface area contributed by atoms with Gasteiger partial charge in [0.2, 0.25) is 0 Å². The van der Waals surface area contributed by atoms with E-state index < -0.39 is 17.8 Å². The van der Waals surface area contributed by atoms with Crippen molar-refractivity contribution >= 4 is 29.2 Å². The molecule has 8 heteroatoms. The van der Waals surface area contributed by atoms with E-state index in [2.05, 4.69) is 4.98 Å². The molecule has 0 radical (unpaired) electrons. The Morgan fingerprint density at radius 2 is 1.81 bits per heavy atom. The molecule has 0 atom stereocenters. The van der Waals surface area contributed by atoms with Crippen LogP contribution in [-0.4, -0.2) is 38.7 Å². The number of carbonyl (C=O) groups excluding carboxylic acids is 3. The van der Waals surface area contributed by atoms with Crippen LogP contribution in [0.15, 0.2) is 29.6 Å². The minimum absolute atomic E-state index is 0.0202. The maximum atomic E-state index is 12.3. The minimum atomic E-state index is -0.811. The number of ether oxygens (including phenoxy) is 1. The van der Waals surface area contributed by atoms with Crippen LogP contribution in [0.4, 0.5) is 4.79 Å². The van der Waals surface area contributed by atoms with Crippen LogP contribution in [0.3, 0.4) is 0 Å². The van der Waals surface area contributed by atoms with Gasteiger partial charge in [-0.1, -0.05) is 17.7 Å². The molecule has 2 heterocycles. The summed E-state index contributed by atoms with van der Waals surface area (Å²) >= 11 is 1.38. The van der Waals surface area contributed by atoms with E-state index in [0.29, 0.717) is 12.3 Å². The molecule has 0 saturated carbocycles. The summed E-state index contributed by atoms with van der Waals surface area (Å²) in [6, 6.07) is 6.74. The highest BCUT2D eigenvalue weighted by Gasteiger charge is 2.45. The number of aromatic nitrogens is 1. The molecule has 0 bridgehead atoms. The van der Waals surface area contributed by atoms with Crippen molar-refractivity contribution in [2.24, 2.45) is 0 Å². The zero-order chi connectivity index (χ0) is 18.8. The van der Waals surface area contributed by atoms with Crippen LogP contribution in [-0.2, 0) is 22.7 Å². The average molecular weight is 373 g/mol. The number of thiazole rings is 1. The van der Waals surface area contributed by atoms with Gasteiger partial charge in [0.05, 0.1) is 12.2 Å². The van der Waals surface area contributed by atoms with E-state index in [1.54, 1.807) is 19.2 Å². The molecule has 0 aliphatic carbocycles. The Balaban J connectivity index is 1.63. The van der Waals surface area contributed by atoms with Crippen LogP contribution in [0.25, 0.3) is 0 Å². The molecule has 26 heavy (non-hydrogen) atoms. The molecule has 3 rings (SSSR count). The van der Waals surface area contributed by atoms with Crippen molar-refractivity contribution in [1.29, 1.82) is 0 Å². The van der Waals surface area contributed by atoms with Gasteiger partial charge in [-0.2, -0.15) is 0 Å². The van der Waals surface area contributed by atoms with E-state index in [1.807, 2.05) is 31.2 Å². The quantitative estimate of drug-likeness (QED) is 0.575. The Hall–Kier alpha value is -2.74. The van der Waals surface area contributed by atoms with E-state index in [1.165, 1.54) is 11.3 Å². The molecule has 0 unspecified atom stereocenters. The van der Waals surface area contributed by atoms with Gasteiger partial charge in [0.15, 0.2) is 0 Å². The lowest BCUT2D eigenvalue weighted by atomic mass is 10.2. The molecule has 1 fully saturated rings. The van der Waals surface area contributed by atoms with E-state index >= 15 is 0 Å². The number of hydrogen-bond donors (Lipinski definition) is 0. The Labute approximate surface area is 155 Å². The number of benzene rings is 1. The summed E-state index contributed by atoms with van der Waals surface area (Å²) in [5.74, 6) is -0.854.